The van der Waals surface area contributed by atoms with E-state index in [1.54, 1.807) is 0 Å². The first kappa shape index (κ1) is 30.5. The first-order valence-corrected chi connectivity index (χ1v) is 14.6. The lowest BCUT2D eigenvalue weighted by Crippen LogP contribution is -2.44. The van der Waals surface area contributed by atoms with Crippen LogP contribution in [-0.4, -0.2) is 63.2 Å². The molecule has 2 saturated carbocycles. The maximum Gasteiger partial charge on any atom is 0.338 e. The van der Waals surface area contributed by atoms with E-state index < -0.39 is 46.4 Å². The summed E-state index contributed by atoms with van der Waals surface area (Å²) in [6.07, 6.45) is 8.56. The fraction of sp³-hybridized carbons (Fsp3) is 0.880. The predicted octanol–water partition coefficient (Wildman–Crippen LogP) is 2.82. The number of nitrogens with one attached hydrogen (secondary N) is 1. The molecule has 2 aliphatic carbocycles. The lowest BCUT2D eigenvalue weighted by molar-refractivity contribution is -0.187. The van der Waals surface area contributed by atoms with Gasteiger partial charge in [-0.15, -0.1) is 0 Å². The van der Waals surface area contributed by atoms with Crippen LogP contribution in [0.2, 0.25) is 0 Å². The number of rotatable bonds is 13. The van der Waals surface area contributed by atoms with Gasteiger partial charge in [-0.05, 0) is 38.0 Å². The fourth-order valence-electron chi connectivity index (χ4n) is 5.19. The van der Waals surface area contributed by atoms with Gasteiger partial charge in [0, 0.05) is 18.9 Å². The SMILES string of the molecule is CC(=O)NCCCS(=O)(=O)OCC(C)(C)[C@@H](O)C(=O)OCOC(=O)C1(C2CCCCC2)CCCCC1. The lowest BCUT2D eigenvalue weighted by atomic mass is 9.62. The van der Waals surface area contributed by atoms with Crippen LogP contribution in [0.1, 0.15) is 91.4 Å². The smallest absolute Gasteiger partial charge is 0.338 e. The molecule has 208 valence electrons. The van der Waals surface area contributed by atoms with Gasteiger partial charge in [0.2, 0.25) is 12.7 Å². The summed E-state index contributed by atoms with van der Waals surface area (Å²) >= 11 is 0. The molecule has 10 nitrogen and oxygen atoms in total. The van der Waals surface area contributed by atoms with Crippen molar-refractivity contribution in [2.24, 2.45) is 16.7 Å². The van der Waals surface area contributed by atoms with Crippen LogP contribution in [0.25, 0.3) is 0 Å². The monoisotopic (exact) mass is 533 g/mol. The molecule has 1 amide bonds. The third-order valence-electron chi connectivity index (χ3n) is 7.45. The summed E-state index contributed by atoms with van der Waals surface area (Å²) in [5.74, 6) is -1.64. The third kappa shape index (κ3) is 8.99. The Labute approximate surface area is 214 Å². The zero-order valence-corrected chi connectivity index (χ0v) is 22.7. The van der Waals surface area contributed by atoms with Crippen molar-refractivity contribution in [3.05, 3.63) is 0 Å². The second kappa shape index (κ2) is 13.7. The van der Waals surface area contributed by atoms with Crippen molar-refractivity contribution in [1.82, 2.24) is 5.32 Å². The Bertz CT molecular complexity index is 844. The Balaban J connectivity index is 1.83. The summed E-state index contributed by atoms with van der Waals surface area (Å²) in [6, 6.07) is 0. The summed E-state index contributed by atoms with van der Waals surface area (Å²) in [5.41, 5.74) is -1.80. The van der Waals surface area contributed by atoms with Crippen molar-refractivity contribution in [2.75, 3.05) is 25.7 Å². The molecule has 11 heteroatoms. The highest BCUT2D eigenvalue weighted by Gasteiger charge is 2.47. The van der Waals surface area contributed by atoms with Gasteiger partial charge < -0.3 is 19.9 Å². The molecule has 2 rings (SSSR count). The number of hydrogen-bond acceptors (Lipinski definition) is 9. The minimum atomic E-state index is -3.91. The highest BCUT2D eigenvalue weighted by atomic mass is 32.2. The Morgan fingerprint density at radius 2 is 1.64 bits per heavy atom. The average molecular weight is 534 g/mol. The highest BCUT2D eigenvalue weighted by molar-refractivity contribution is 7.86. The van der Waals surface area contributed by atoms with Crippen molar-refractivity contribution in [3.8, 4) is 0 Å². The quantitative estimate of drug-likeness (QED) is 0.158. The van der Waals surface area contributed by atoms with Gasteiger partial charge in [-0.25, -0.2) is 4.79 Å². The molecule has 0 bridgehead atoms. The number of aliphatic hydroxyl groups excluding tert-OH is 1. The summed E-state index contributed by atoms with van der Waals surface area (Å²) in [5, 5.41) is 12.9. The van der Waals surface area contributed by atoms with Crippen molar-refractivity contribution in [1.29, 1.82) is 0 Å². The van der Waals surface area contributed by atoms with Gasteiger partial charge in [0.25, 0.3) is 10.1 Å². The minimum Gasteiger partial charge on any atom is -0.427 e. The molecule has 0 aliphatic heterocycles. The van der Waals surface area contributed by atoms with E-state index in [-0.39, 0.29) is 36.5 Å². The number of ether oxygens (including phenoxy) is 2. The molecular weight excluding hydrogens is 490 g/mol. The molecule has 0 saturated heterocycles. The van der Waals surface area contributed by atoms with Gasteiger partial charge >= 0.3 is 11.9 Å². The summed E-state index contributed by atoms with van der Waals surface area (Å²) in [6.45, 7) is 3.42. The van der Waals surface area contributed by atoms with Gasteiger partial charge in [-0.3, -0.25) is 13.8 Å². The number of esters is 2. The summed E-state index contributed by atoms with van der Waals surface area (Å²) in [7, 11) is -3.91. The molecule has 0 radical (unpaired) electrons. The molecule has 2 aliphatic rings. The van der Waals surface area contributed by atoms with Crippen LogP contribution in [-0.2, 0) is 38.2 Å². The number of carbonyl (C=O) groups is 3. The zero-order chi connectivity index (χ0) is 26.8. The van der Waals surface area contributed by atoms with Crippen LogP contribution in [0.5, 0.6) is 0 Å². The molecule has 0 aromatic rings. The second-order valence-electron chi connectivity index (χ2n) is 10.8. The van der Waals surface area contributed by atoms with Crippen LogP contribution < -0.4 is 5.32 Å². The largest absolute Gasteiger partial charge is 0.427 e. The van der Waals surface area contributed by atoms with Crippen LogP contribution in [0.3, 0.4) is 0 Å². The average Bonchev–Trinajstić information content (AvgIpc) is 2.86. The first-order valence-electron chi connectivity index (χ1n) is 13.0. The first-order chi connectivity index (χ1) is 16.9. The van der Waals surface area contributed by atoms with Gasteiger partial charge in [-0.1, -0.05) is 52.4 Å². The maximum atomic E-state index is 13.1. The van der Waals surface area contributed by atoms with Crippen molar-refractivity contribution in [3.63, 3.8) is 0 Å². The normalized spacial score (nSPS) is 19.8. The van der Waals surface area contributed by atoms with E-state index in [1.165, 1.54) is 27.2 Å². The van der Waals surface area contributed by atoms with Crippen molar-refractivity contribution in [2.45, 2.75) is 97.5 Å². The molecule has 1 atom stereocenters. The highest BCUT2D eigenvalue weighted by Crippen LogP contribution is 2.49. The number of amides is 1. The molecule has 0 unspecified atom stereocenters. The van der Waals surface area contributed by atoms with Gasteiger partial charge in [0.15, 0.2) is 6.10 Å². The van der Waals surface area contributed by atoms with E-state index in [4.69, 9.17) is 13.7 Å². The van der Waals surface area contributed by atoms with E-state index in [9.17, 15) is 27.9 Å². The van der Waals surface area contributed by atoms with E-state index >= 15 is 0 Å². The van der Waals surface area contributed by atoms with Crippen LogP contribution >= 0.6 is 0 Å². The Morgan fingerprint density at radius 3 is 2.25 bits per heavy atom. The van der Waals surface area contributed by atoms with Crippen LogP contribution in [0.15, 0.2) is 0 Å². The van der Waals surface area contributed by atoms with Gasteiger partial charge in [-0.2, -0.15) is 8.42 Å². The van der Waals surface area contributed by atoms with Gasteiger partial charge in [0.1, 0.15) is 0 Å². The number of aliphatic hydroxyl groups is 1. The van der Waals surface area contributed by atoms with Crippen LogP contribution in [0, 0.1) is 16.7 Å². The van der Waals surface area contributed by atoms with E-state index in [0.29, 0.717) is 0 Å². The Kier molecular flexibility index (Phi) is 11.6. The number of hydrogen-bond donors (Lipinski definition) is 2. The maximum absolute atomic E-state index is 13.1. The van der Waals surface area contributed by atoms with Crippen molar-refractivity contribution < 1.29 is 41.6 Å². The Hall–Kier alpha value is -1.72. The summed E-state index contributed by atoms with van der Waals surface area (Å²) in [4.78, 5) is 36.4. The van der Waals surface area contributed by atoms with E-state index in [0.717, 1.165) is 57.8 Å². The van der Waals surface area contributed by atoms with E-state index in [2.05, 4.69) is 5.32 Å². The predicted molar refractivity (Wildman–Crippen MR) is 132 cm³/mol. The fourth-order valence-corrected chi connectivity index (χ4v) is 6.29. The zero-order valence-electron chi connectivity index (χ0n) is 21.9. The molecule has 2 fully saturated rings. The van der Waals surface area contributed by atoms with Crippen LogP contribution in [0.4, 0.5) is 0 Å². The molecule has 0 aromatic carbocycles. The standard InChI is InChI=1S/C25H43NO9S/c1-19(27)26-15-10-16-36(31,32)35-17-24(2,3)21(28)22(29)33-18-34-23(30)25(13-8-5-9-14-25)20-11-6-4-7-12-20/h20-21,28H,4-18H2,1-3H3,(H,26,27)/t21-/m0/s1. The van der Waals surface area contributed by atoms with E-state index in [1.807, 2.05) is 0 Å². The second-order valence-corrected chi connectivity index (χ2v) is 12.6. The van der Waals surface area contributed by atoms with Crippen molar-refractivity contribution >= 4 is 28.0 Å². The molecule has 0 spiro atoms. The molecule has 0 aromatic heterocycles. The Morgan fingerprint density at radius 1 is 1.03 bits per heavy atom. The summed E-state index contributed by atoms with van der Waals surface area (Å²) < 4.78 is 39.6. The third-order valence-corrected chi connectivity index (χ3v) is 8.71. The molecule has 0 heterocycles. The lowest BCUT2D eigenvalue weighted by Gasteiger charge is -2.43. The topological polar surface area (TPSA) is 145 Å². The minimum absolute atomic E-state index is 0.167. The molecule has 36 heavy (non-hydrogen) atoms. The number of carbonyl (C=O) groups excluding carboxylic acids is 3. The molecular formula is C25H43NO9S. The van der Waals surface area contributed by atoms with Gasteiger partial charge in [0.05, 0.1) is 17.8 Å². The molecule has 2 N–H and O–H groups in total.